The van der Waals surface area contributed by atoms with Crippen LogP contribution in [0.4, 0.5) is 0 Å². The molecule has 4 aliphatic rings. The Balaban J connectivity index is 1.35. The Hall–Kier alpha value is -3.39. The number of methoxy groups -OCH3 is 1. The molecule has 2 fully saturated rings. The second-order valence-corrected chi connectivity index (χ2v) is 11.0. The summed E-state index contributed by atoms with van der Waals surface area (Å²) in [7, 11) is 1.67. The first-order valence-corrected chi connectivity index (χ1v) is 13.6. The van der Waals surface area contributed by atoms with Crippen LogP contribution in [0.2, 0.25) is 0 Å². The highest BCUT2D eigenvalue weighted by Gasteiger charge is 2.47. The average Bonchev–Trinajstić information content (AvgIpc) is 3.89. The molecule has 0 bridgehead atoms. The van der Waals surface area contributed by atoms with Crippen LogP contribution in [-0.2, 0) is 37.3 Å². The lowest BCUT2D eigenvalue weighted by molar-refractivity contribution is -0.120. The molecule has 0 radical (unpaired) electrons. The number of epoxide rings is 2. The van der Waals surface area contributed by atoms with Gasteiger partial charge in [-0.2, -0.15) is 0 Å². The Labute approximate surface area is 227 Å². The third-order valence-corrected chi connectivity index (χ3v) is 8.24. The van der Waals surface area contributed by atoms with Gasteiger partial charge in [0, 0.05) is 18.2 Å². The molecule has 3 unspecified atom stereocenters. The van der Waals surface area contributed by atoms with Crippen LogP contribution in [0.1, 0.15) is 29.2 Å². The van der Waals surface area contributed by atoms with E-state index < -0.39 is 5.41 Å². The molecule has 7 nitrogen and oxygen atoms in total. The van der Waals surface area contributed by atoms with Gasteiger partial charge in [0.15, 0.2) is 5.78 Å². The van der Waals surface area contributed by atoms with E-state index in [4.69, 9.17) is 28.4 Å². The van der Waals surface area contributed by atoms with Gasteiger partial charge in [0.1, 0.15) is 49.3 Å². The Kier molecular flexibility index (Phi) is 6.10. The molecule has 0 amide bonds. The van der Waals surface area contributed by atoms with Gasteiger partial charge in [0.2, 0.25) is 0 Å². The molecule has 2 aliphatic heterocycles. The Morgan fingerprint density at radius 3 is 2.13 bits per heavy atom. The molecule has 3 atom stereocenters. The van der Waals surface area contributed by atoms with Gasteiger partial charge >= 0.3 is 0 Å². The topological polar surface area (TPSA) is 79.1 Å². The van der Waals surface area contributed by atoms with E-state index in [-0.39, 0.29) is 24.1 Å². The monoisotopic (exact) mass is 528 g/mol. The van der Waals surface area contributed by atoms with Crippen molar-refractivity contribution in [2.24, 2.45) is 0 Å². The van der Waals surface area contributed by atoms with Crippen LogP contribution in [0.25, 0.3) is 16.8 Å². The molecule has 1 spiro atoms. The lowest BCUT2D eigenvalue weighted by atomic mass is 9.61. The predicted molar refractivity (Wildman–Crippen MR) is 146 cm³/mol. The first kappa shape index (κ1) is 24.6. The third kappa shape index (κ3) is 4.58. The van der Waals surface area contributed by atoms with E-state index in [9.17, 15) is 4.79 Å². The van der Waals surface area contributed by atoms with Crippen molar-refractivity contribution in [2.45, 2.75) is 43.5 Å². The van der Waals surface area contributed by atoms with Gasteiger partial charge in [-0.15, -0.1) is 0 Å². The molecule has 0 aromatic heterocycles. The highest BCUT2D eigenvalue weighted by Crippen LogP contribution is 2.50. The minimum atomic E-state index is -0.804. The highest BCUT2D eigenvalue weighted by atomic mass is 16.6. The molecular formula is C32H32O7. The van der Waals surface area contributed by atoms with Crippen molar-refractivity contribution < 1.29 is 33.2 Å². The quantitative estimate of drug-likeness (QED) is 0.360. The first-order valence-electron chi connectivity index (χ1n) is 13.6. The lowest BCUT2D eigenvalue weighted by Crippen LogP contribution is -2.43. The van der Waals surface area contributed by atoms with Crippen molar-refractivity contribution >= 4 is 22.6 Å². The van der Waals surface area contributed by atoms with Crippen LogP contribution in [0.3, 0.4) is 0 Å². The van der Waals surface area contributed by atoms with Gasteiger partial charge in [0.25, 0.3) is 0 Å². The van der Waals surface area contributed by atoms with Gasteiger partial charge in [-0.3, -0.25) is 4.79 Å². The first-order chi connectivity index (χ1) is 19.0. The average molecular weight is 529 g/mol. The maximum Gasteiger partial charge on any atom is 0.166 e. The van der Waals surface area contributed by atoms with Crippen LogP contribution in [0.5, 0.6) is 17.2 Å². The van der Waals surface area contributed by atoms with E-state index in [0.717, 1.165) is 63.5 Å². The maximum atomic E-state index is 14.0. The largest absolute Gasteiger partial charge is 0.491 e. The van der Waals surface area contributed by atoms with Crippen molar-refractivity contribution in [3.8, 4) is 17.2 Å². The van der Waals surface area contributed by atoms with Crippen LogP contribution in [0, 0.1) is 0 Å². The Morgan fingerprint density at radius 1 is 0.897 bits per heavy atom. The van der Waals surface area contributed by atoms with Crippen LogP contribution < -0.4 is 14.2 Å². The number of ether oxygens (including phenoxy) is 6. The maximum absolute atomic E-state index is 14.0. The fourth-order valence-electron chi connectivity index (χ4n) is 5.80. The lowest BCUT2D eigenvalue weighted by Gasteiger charge is -2.40. The summed E-state index contributed by atoms with van der Waals surface area (Å²) in [5.74, 6) is 2.40. The SMILES string of the molecule is COC(C)COc1ccc2c(c1)C1(Cc3c(OCC4CO4)ccc4ccc(OCC5CO5)c(c34)C1)C(=O)C=C2. The van der Waals surface area contributed by atoms with Gasteiger partial charge < -0.3 is 28.4 Å². The summed E-state index contributed by atoms with van der Waals surface area (Å²) >= 11 is 0. The zero-order valence-electron chi connectivity index (χ0n) is 22.2. The van der Waals surface area contributed by atoms with E-state index in [1.165, 1.54) is 0 Å². The van der Waals surface area contributed by atoms with Gasteiger partial charge in [0.05, 0.1) is 24.7 Å². The number of ketones is 1. The van der Waals surface area contributed by atoms with Crippen molar-refractivity contribution in [1.82, 2.24) is 0 Å². The molecule has 3 aromatic rings. The summed E-state index contributed by atoms with van der Waals surface area (Å²) in [6.45, 7) is 4.83. The summed E-state index contributed by atoms with van der Waals surface area (Å²) in [5, 5.41) is 2.24. The fourth-order valence-corrected chi connectivity index (χ4v) is 5.80. The van der Waals surface area contributed by atoms with Crippen molar-refractivity contribution in [2.75, 3.05) is 40.1 Å². The molecule has 2 saturated heterocycles. The Morgan fingerprint density at radius 2 is 1.54 bits per heavy atom. The smallest absolute Gasteiger partial charge is 0.166 e. The summed E-state index contributed by atoms with van der Waals surface area (Å²) in [4.78, 5) is 14.0. The van der Waals surface area contributed by atoms with E-state index in [0.29, 0.717) is 32.7 Å². The number of allylic oxidation sites excluding steroid dienone is 1. The zero-order valence-corrected chi connectivity index (χ0v) is 22.2. The second-order valence-electron chi connectivity index (χ2n) is 11.0. The molecule has 202 valence electrons. The number of rotatable bonds is 10. The molecule has 7 rings (SSSR count). The Bertz CT molecular complexity index is 1410. The number of benzene rings is 3. The highest BCUT2D eigenvalue weighted by molar-refractivity contribution is 6.08. The minimum absolute atomic E-state index is 0.0408. The van der Waals surface area contributed by atoms with Crippen molar-refractivity contribution in [3.05, 3.63) is 70.8 Å². The molecule has 2 aliphatic carbocycles. The summed E-state index contributed by atoms with van der Waals surface area (Å²) < 4.78 is 34.8. The molecule has 0 N–H and O–H groups in total. The van der Waals surface area contributed by atoms with Crippen LogP contribution >= 0.6 is 0 Å². The standard InChI is InChI=1S/C32H32O7/c1-19(34-2)14-35-22-7-3-20-6-10-30(33)32(27(20)11-22)12-25-28(38-17-23-15-36-23)8-4-21-5-9-29(26(13-32)31(21)25)39-18-24-16-37-24/h3-11,19,23-24H,12-18H2,1-2H3. The molecule has 3 aromatic carbocycles. The minimum Gasteiger partial charge on any atom is -0.491 e. The molecule has 7 heteroatoms. The van der Waals surface area contributed by atoms with Gasteiger partial charge in [-0.1, -0.05) is 24.3 Å². The third-order valence-electron chi connectivity index (χ3n) is 8.24. The molecule has 2 heterocycles. The summed E-state index contributed by atoms with van der Waals surface area (Å²) in [6.07, 6.45) is 4.92. The van der Waals surface area contributed by atoms with E-state index >= 15 is 0 Å². The number of hydrogen-bond acceptors (Lipinski definition) is 7. The van der Waals surface area contributed by atoms with Gasteiger partial charge in [-0.05, 0) is 72.0 Å². The van der Waals surface area contributed by atoms with Crippen molar-refractivity contribution in [1.29, 1.82) is 0 Å². The summed E-state index contributed by atoms with van der Waals surface area (Å²) in [6, 6.07) is 14.3. The van der Waals surface area contributed by atoms with E-state index in [2.05, 4.69) is 12.1 Å². The van der Waals surface area contributed by atoms with E-state index in [1.54, 1.807) is 13.2 Å². The number of carbonyl (C=O) groups excluding carboxylic acids is 1. The second kappa shape index (κ2) is 9.66. The molecule has 39 heavy (non-hydrogen) atoms. The van der Waals surface area contributed by atoms with Gasteiger partial charge in [-0.25, -0.2) is 0 Å². The number of fused-ring (bicyclic) bond motifs is 2. The number of carbonyl (C=O) groups is 1. The number of hydrogen-bond donors (Lipinski definition) is 0. The van der Waals surface area contributed by atoms with Crippen LogP contribution in [0.15, 0.2) is 48.5 Å². The molecular weight excluding hydrogens is 496 g/mol. The zero-order chi connectivity index (χ0) is 26.6. The van der Waals surface area contributed by atoms with Crippen molar-refractivity contribution in [3.63, 3.8) is 0 Å². The summed E-state index contributed by atoms with van der Waals surface area (Å²) in [5.41, 5.74) is 3.27. The fraction of sp³-hybridized carbons (Fsp3) is 0.406. The van der Waals surface area contributed by atoms with Crippen LogP contribution in [-0.4, -0.2) is 64.2 Å². The van der Waals surface area contributed by atoms with E-state index in [1.807, 2.05) is 43.3 Å². The molecule has 0 saturated carbocycles. The predicted octanol–water partition coefficient (Wildman–Crippen LogP) is 4.44. The normalized spacial score (nSPS) is 24.9.